The van der Waals surface area contributed by atoms with Crippen molar-refractivity contribution in [2.45, 2.75) is 23.8 Å². The van der Waals surface area contributed by atoms with Crippen LogP contribution in [0.4, 0.5) is 0 Å². The highest BCUT2D eigenvalue weighted by molar-refractivity contribution is 7.99. The van der Waals surface area contributed by atoms with E-state index in [0.29, 0.717) is 23.8 Å². The lowest BCUT2D eigenvalue weighted by Gasteiger charge is -2.27. The molecule has 20 heavy (non-hydrogen) atoms. The van der Waals surface area contributed by atoms with E-state index in [2.05, 4.69) is 41.4 Å². The molecule has 0 aliphatic carbocycles. The summed E-state index contributed by atoms with van der Waals surface area (Å²) in [7, 11) is 0. The minimum atomic E-state index is 0.0745. The third-order valence-electron chi connectivity index (χ3n) is 5.22. The van der Waals surface area contributed by atoms with Crippen LogP contribution in [0.15, 0.2) is 29.2 Å². The molecule has 106 valence electrons. The van der Waals surface area contributed by atoms with Crippen molar-refractivity contribution in [1.82, 2.24) is 10.2 Å². The molecule has 4 heteroatoms. The van der Waals surface area contributed by atoms with Crippen LogP contribution in [0.1, 0.15) is 18.4 Å². The van der Waals surface area contributed by atoms with Crippen LogP contribution in [0.3, 0.4) is 0 Å². The summed E-state index contributed by atoms with van der Waals surface area (Å²) < 4.78 is 0. The smallest absolute Gasteiger partial charge is 0.231 e. The molecule has 4 unspecified atom stereocenters. The largest absolute Gasteiger partial charge is 0.339 e. The van der Waals surface area contributed by atoms with E-state index in [1.807, 2.05) is 11.8 Å². The fourth-order valence-electron chi connectivity index (χ4n) is 4.03. The fourth-order valence-corrected chi connectivity index (χ4v) is 5.25. The average Bonchev–Trinajstić information content (AvgIpc) is 3.14. The molecule has 3 nitrogen and oxygen atoms in total. The van der Waals surface area contributed by atoms with E-state index in [1.54, 1.807) is 0 Å². The van der Waals surface area contributed by atoms with Crippen LogP contribution in [-0.4, -0.2) is 42.2 Å². The summed E-state index contributed by atoms with van der Waals surface area (Å²) in [6, 6.07) is 8.77. The first kappa shape index (κ1) is 12.7. The van der Waals surface area contributed by atoms with Gasteiger partial charge in [-0.2, -0.15) is 0 Å². The monoisotopic (exact) mass is 288 g/mol. The van der Waals surface area contributed by atoms with Gasteiger partial charge < -0.3 is 10.2 Å². The van der Waals surface area contributed by atoms with E-state index >= 15 is 0 Å². The van der Waals surface area contributed by atoms with E-state index in [1.165, 1.54) is 10.5 Å². The second-order valence-electron chi connectivity index (χ2n) is 6.21. The van der Waals surface area contributed by atoms with Gasteiger partial charge in [-0.15, -0.1) is 11.8 Å². The van der Waals surface area contributed by atoms with Crippen molar-refractivity contribution in [2.75, 3.05) is 25.4 Å². The Kier molecular flexibility index (Phi) is 3.04. The molecule has 3 heterocycles. The molecule has 3 aliphatic rings. The van der Waals surface area contributed by atoms with Crippen molar-refractivity contribution in [1.29, 1.82) is 0 Å². The lowest BCUT2D eigenvalue weighted by atomic mass is 9.95. The summed E-state index contributed by atoms with van der Waals surface area (Å²) in [5.74, 6) is 2.66. The lowest BCUT2D eigenvalue weighted by Crippen LogP contribution is -2.40. The SMILES string of the molecule is CC1C2CNCC2CN1C(=O)C1CSc2ccccc21. The molecule has 4 atom stereocenters. The zero-order valence-corrected chi connectivity index (χ0v) is 12.5. The van der Waals surface area contributed by atoms with Crippen molar-refractivity contribution in [3.05, 3.63) is 29.8 Å². The number of fused-ring (bicyclic) bond motifs is 2. The van der Waals surface area contributed by atoms with Crippen LogP contribution in [0, 0.1) is 11.8 Å². The Hall–Kier alpha value is -1.00. The van der Waals surface area contributed by atoms with Gasteiger partial charge in [-0.3, -0.25) is 4.79 Å². The fraction of sp³-hybridized carbons (Fsp3) is 0.562. The highest BCUT2D eigenvalue weighted by Crippen LogP contribution is 2.42. The van der Waals surface area contributed by atoms with E-state index in [0.717, 1.165) is 25.4 Å². The molecule has 0 radical (unpaired) electrons. The van der Waals surface area contributed by atoms with Crippen LogP contribution in [0.2, 0.25) is 0 Å². The van der Waals surface area contributed by atoms with Gasteiger partial charge in [-0.05, 0) is 30.4 Å². The second-order valence-corrected chi connectivity index (χ2v) is 7.28. The molecule has 1 amide bonds. The number of hydrogen-bond acceptors (Lipinski definition) is 3. The predicted molar refractivity (Wildman–Crippen MR) is 80.9 cm³/mol. The van der Waals surface area contributed by atoms with Gasteiger partial charge in [0.1, 0.15) is 0 Å². The number of carbonyl (C=O) groups excluding carboxylic acids is 1. The molecule has 2 saturated heterocycles. The van der Waals surface area contributed by atoms with E-state index < -0.39 is 0 Å². The lowest BCUT2D eigenvalue weighted by molar-refractivity contribution is -0.133. The van der Waals surface area contributed by atoms with Gasteiger partial charge in [0.25, 0.3) is 0 Å². The van der Waals surface area contributed by atoms with Gasteiger partial charge in [0.05, 0.1) is 5.92 Å². The maximum atomic E-state index is 12.9. The maximum absolute atomic E-state index is 12.9. The topological polar surface area (TPSA) is 32.3 Å². The zero-order valence-electron chi connectivity index (χ0n) is 11.7. The van der Waals surface area contributed by atoms with Crippen molar-refractivity contribution in [2.24, 2.45) is 11.8 Å². The summed E-state index contributed by atoms with van der Waals surface area (Å²) in [4.78, 5) is 16.4. The number of rotatable bonds is 1. The highest BCUT2D eigenvalue weighted by atomic mass is 32.2. The van der Waals surface area contributed by atoms with Gasteiger partial charge in [0.2, 0.25) is 5.91 Å². The Labute approximate surface area is 124 Å². The number of nitrogens with one attached hydrogen (secondary N) is 1. The summed E-state index contributed by atoms with van der Waals surface area (Å²) in [6.07, 6.45) is 0. The third kappa shape index (κ3) is 1.81. The van der Waals surface area contributed by atoms with Crippen LogP contribution in [0.25, 0.3) is 0 Å². The summed E-state index contributed by atoms with van der Waals surface area (Å²) >= 11 is 1.83. The molecule has 0 saturated carbocycles. The molecular weight excluding hydrogens is 268 g/mol. The maximum Gasteiger partial charge on any atom is 0.231 e. The molecule has 1 aromatic carbocycles. The molecule has 0 spiro atoms. The first-order valence-electron chi connectivity index (χ1n) is 7.48. The number of benzene rings is 1. The van der Waals surface area contributed by atoms with Crippen molar-refractivity contribution < 1.29 is 4.79 Å². The molecule has 1 aromatic rings. The molecule has 4 rings (SSSR count). The number of nitrogens with zero attached hydrogens (tertiary/aromatic N) is 1. The quantitative estimate of drug-likeness (QED) is 0.857. The van der Waals surface area contributed by atoms with Crippen molar-refractivity contribution in [3.63, 3.8) is 0 Å². The normalized spacial score (nSPS) is 35.1. The molecule has 3 aliphatic heterocycles. The van der Waals surface area contributed by atoms with Crippen LogP contribution >= 0.6 is 11.8 Å². The van der Waals surface area contributed by atoms with Gasteiger partial charge in [0, 0.05) is 36.3 Å². The summed E-state index contributed by atoms with van der Waals surface area (Å²) in [5, 5.41) is 3.46. The van der Waals surface area contributed by atoms with Crippen molar-refractivity contribution >= 4 is 17.7 Å². The first-order chi connectivity index (χ1) is 9.75. The highest BCUT2D eigenvalue weighted by Gasteiger charge is 2.45. The Balaban J connectivity index is 1.57. The Morgan fingerprint density at radius 2 is 2.20 bits per heavy atom. The van der Waals surface area contributed by atoms with Gasteiger partial charge >= 0.3 is 0 Å². The second kappa shape index (κ2) is 4.78. The number of thioether (sulfide) groups is 1. The van der Waals surface area contributed by atoms with Gasteiger partial charge in [-0.1, -0.05) is 18.2 Å². The zero-order chi connectivity index (χ0) is 13.7. The predicted octanol–water partition coefficient (Wildman–Crippen LogP) is 1.94. The van der Waals surface area contributed by atoms with Crippen LogP contribution < -0.4 is 5.32 Å². The molecule has 0 aromatic heterocycles. The Morgan fingerprint density at radius 3 is 3.05 bits per heavy atom. The van der Waals surface area contributed by atoms with Crippen LogP contribution in [0.5, 0.6) is 0 Å². The summed E-state index contributed by atoms with van der Waals surface area (Å²) in [5.41, 5.74) is 1.24. The minimum Gasteiger partial charge on any atom is -0.339 e. The number of hydrogen-bond donors (Lipinski definition) is 1. The third-order valence-corrected chi connectivity index (χ3v) is 6.40. The van der Waals surface area contributed by atoms with E-state index in [4.69, 9.17) is 0 Å². The van der Waals surface area contributed by atoms with Crippen molar-refractivity contribution in [3.8, 4) is 0 Å². The van der Waals surface area contributed by atoms with Crippen LogP contribution in [-0.2, 0) is 4.79 Å². The Morgan fingerprint density at radius 1 is 1.35 bits per heavy atom. The number of likely N-dealkylation sites (tertiary alicyclic amines) is 1. The first-order valence-corrected chi connectivity index (χ1v) is 8.47. The van der Waals surface area contributed by atoms with E-state index in [9.17, 15) is 4.79 Å². The number of amides is 1. The van der Waals surface area contributed by atoms with E-state index in [-0.39, 0.29) is 5.92 Å². The standard InChI is InChI=1S/C16H20N2OS/c1-10-13-7-17-6-11(13)8-18(10)16(19)14-9-20-15-5-3-2-4-12(14)15/h2-5,10-11,13-14,17H,6-9H2,1H3. The molecular formula is C16H20N2OS. The average molecular weight is 288 g/mol. The molecule has 1 N–H and O–H groups in total. The summed E-state index contributed by atoms with van der Waals surface area (Å²) in [6.45, 7) is 5.32. The van der Waals surface area contributed by atoms with Gasteiger partial charge in [0.15, 0.2) is 0 Å². The number of carbonyl (C=O) groups is 1. The minimum absolute atomic E-state index is 0.0745. The Bertz CT molecular complexity index is 547. The van der Waals surface area contributed by atoms with Gasteiger partial charge in [-0.25, -0.2) is 0 Å². The molecule has 2 fully saturated rings. The molecule has 0 bridgehead atoms.